The van der Waals surface area contributed by atoms with Gasteiger partial charge < -0.3 is 0 Å². The summed E-state index contributed by atoms with van der Waals surface area (Å²) in [6, 6.07) is 1.79. The van der Waals surface area contributed by atoms with Gasteiger partial charge in [0.2, 0.25) is 0 Å². The van der Waals surface area contributed by atoms with Crippen LogP contribution in [-0.2, 0) is 11.2 Å². The second-order valence-electron chi connectivity index (χ2n) is 4.00. The number of hydrogen-bond acceptors (Lipinski definition) is 2. The van der Waals surface area contributed by atoms with Crippen molar-refractivity contribution in [3.05, 3.63) is 30.0 Å². The second kappa shape index (κ2) is 5.15. The normalized spacial score (nSPS) is 10.4. The van der Waals surface area contributed by atoms with E-state index in [0.717, 1.165) is 5.56 Å². The highest BCUT2D eigenvalue weighted by Gasteiger charge is 2.10. The molecule has 0 fully saturated rings. The second-order valence-corrected chi connectivity index (χ2v) is 4.00. The summed E-state index contributed by atoms with van der Waals surface area (Å²) in [5, 5.41) is 0. The Morgan fingerprint density at radius 2 is 2.19 bits per heavy atom. The van der Waals surface area contributed by atoms with Crippen LogP contribution in [0.5, 0.6) is 0 Å². The summed E-state index contributed by atoms with van der Waals surface area (Å²) in [4.78, 5) is 15.4. The molecule has 0 atom stereocenters. The maximum atomic E-state index is 11.2. The van der Waals surface area contributed by atoms with Gasteiger partial charge in [0.25, 0.3) is 0 Å². The van der Waals surface area contributed by atoms with Crippen LogP contribution in [-0.4, -0.2) is 26.5 Å². The van der Waals surface area contributed by atoms with Crippen molar-refractivity contribution in [2.75, 3.05) is 0 Å². The number of pyridine rings is 1. The predicted octanol–water partition coefficient (Wildman–Crippen LogP) is 0.0902. The third-order valence-electron chi connectivity index (χ3n) is 2.39. The van der Waals surface area contributed by atoms with Crippen LogP contribution in [0.1, 0.15) is 31.0 Å². The molecule has 1 aromatic heterocycles. The lowest BCUT2D eigenvalue weighted by molar-refractivity contribution is -0.114. The maximum absolute atomic E-state index is 11.2. The van der Waals surface area contributed by atoms with Crippen LogP contribution in [0.15, 0.2) is 18.7 Å². The van der Waals surface area contributed by atoms with E-state index in [1.165, 1.54) is 6.08 Å². The highest BCUT2D eigenvalue weighted by atomic mass is 16.1. The van der Waals surface area contributed by atoms with Gasteiger partial charge in [-0.15, -0.1) is 0 Å². The summed E-state index contributed by atoms with van der Waals surface area (Å²) in [6.07, 6.45) is 1.41. The van der Waals surface area contributed by atoms with Crippen molar-refractivity contribution in [1.82, 2.24) is 4.98 Å². The highest BCUT2D eigenvalue weighted by molar-refractivity contribution is 6.36. The lowest BCUT2D eigenvalue weighted by Crippen LogP contribution is -2.27. The number of carbonyl (C=O) groups excluding carboxylic acids is 1. The van der Waals surface area contributed by atoms with Gasteiger partial charge >= 0.3 is 0 Å². The van der Waals surface area contributed by atoms with Crippen LogP contribution in [0.4, 0.5) is 0 Å². The molecule has 0 aromatic carbocycles. The van der Waals surface area contributed by atoms with Crippen molar-refractivity contribution in [1.29, 1.82) is 0 Å². The average molecular weight is 209 g/mol. The number of ketones is 1. The molecule has 0 unspecified atom stereocenters. The first kappa shape index (κ1) is 12.8. The van der Waals surface area contributed by atoms with E-state index in [-0.39, 0.29) is 18.1 Å². The van der Waals surface area contributed by atoms with Crippen LogP contribution < -0.4 is 11.1 Å². The Bertz CT molecular complexity index is 427. The summed E-state index contributed by atoms with van der Waals surface area (Å²) >= 11 is 0. The van der Waals surface area contributed by atoms with Gasteiger partial charge in [-0.25, -0.2) is 0 Å². The molecule has 1 aromatic rings. The zero-order valence-corrected chi connectivity index (χ0v) is 9.66. The smallest absolute Gasteiger partial charge is 0.161 e. The van der Waals surface area contributed by atoms with Crippen LogP contribution in [0.25, 0.3) is 0 Å². The molecule has 0 bridgehead atoms. The molecule has 0 aliphatic carbocycles. The first-order valence-electron chi connectivity index (χ1n) is 5.15. The van der Waals surface area contributed by atoms with E-state index in [1.807, 2.05) is 13.8 Å². The Kier molecular flexibility index (Phi) is 4.11. The Morgan fingerprint density at radius 3 is 2.69 bits per heavy atom. The maximum Gasteiger partial charge on any atom is 0.161 e. The van der Waals surface area contributed by atoms with Gasteiger partial charge in [0.05, 0.1) is 6.42 Å². The van der Waals surface area contributed by atoms with Crippen molar-refractivity contribution >= 4 is 32.5 Å². The van der Waals surface area contributed by atoms with Crippen LogP contribution in [0.2, 0.25) is 0 Å². The van der Waals surface area contributed by atoms with Gasteiger partial charge in [-0.05, 0) is 23.2 Å². The van der Waals surface area contributed by atoms with Crippen LogP contribution >= 0.6 is 0 Å². The van der Waals surface area contributed by atoms with Crippen LogP contribution in [0, 0.1) is 0 Å². The minimum absolute atomic E-state index is 0.115. The quantitative estimate of drug-likeness (QED) is 0.519. The predicted molar refractivity (Wildman–Crippen MR) is 68.0 cm³/mol. The van der Waals surface area contributed by atoms with Crippen molar-refractivity contribution < 1.29 is 4.79 Å². The van der Waals surface area contributed by atoms with E-state index in [9.17, 15) is 4.79 Å². The first-order chi connectivity index (χ1) is 7.45. The molecule has 2 nitrogen and oxygen atoms in total. The molecule has 0 saturated heterocycles. The molecule has 4 radical (unpaired) electrons. The van der Waals surface area contributed by atoms with Gasteiger partial charge in [0, 0.05) is 5.69 Å². The minimum atomic E-state index is -0.115. The van der Waals surface area contributed by atoms with E-state index in [2.05, 4.69) is 11.6 Å². The highest BCUT2D eigenvalue weighted by Crippen LogP contribution is 2.09. The average Bonchev–Trinajstić information content (AvgIpc) is 2.22. The van der Waals surface area contributed by atoms with Gasteiger partial charge in [-0.1, -0.05) is 32.0 Å². The molecule has 0 N–H and O–H groups in total. The summed E-state index contributed by atoms with van der Waals surface area (Å²) in [7, 11) is 11.6. The van der Waals surface area contributed by atoms with Crippen molar-refractivity contribution in [2.24, 2.45) is 0 Å². The third-order valence-corrected chi connectivity index (χ3v) is 2.39. The molecule has 0 aliphatic rings. The summed E-state index contributed by atoms with van der Waals surface area (Å²) in [5.41, 5.74) is 2.38. The topological polar surface area (TPSA) is 30.0 Å². The summed E-state index contributed by atoms with van der Waals surface area (Å²) in [6.45, 7) is 7.44. The molecular weight excluding hydrogens is 196 g/mol. The van der Waals surface area contributed by atoms with Crippen molar-refractivity contribution in [3.63, 3.8) is 0 Å². The van der Waals surface area contributed by atoms with Gasteiger partial charge in [0.1, 0.15) is 15.7 Å². The molecule has 16 heavy (non-hydrogen) atoms. The Morgan fingerprint density at radius 1 is 1.56 bits per heavy atom. The number of hydrogen-bond donors (Lipinski definition) is 0. The zero-order chi connectivity index (χ0) is 12.3. The molecule has 4 heteroatoms. The largest absolute Gasteiger partial charge is 0.294 e. The number of rotatable bonds is 4. The SMILES string of the molecule is [B]c1cc(C(C)C)c([B])nc1CC(=O)C=C. The van der Waals surface area contributed by atoms with Gasteiger partial charge in [-0.2, -0.15) is 0 Å². The Hall–Kier alpha value is -1.31. The van der Waals surface area contributed by atoms with Gasteiger partial charge in [0.15, 0.2) is 5.78 Å². The minimum Gasteiger partial charge on any atom is -0.294 e. The van der Waals surface area contributed by atoms with Crippen molar-refractivity contribution in [2.45, 2.75) is 26.2 Å². The number of carbonyl (C=O) groups is 1. The van der Waals surface area contributed by atoms with Crippen LogP contribution in [0.3, 0.4) is 0 Å². The summed E-state index contributed by atoms with van der Waals surface area (Å²) < 4.78 is 0. The number of allylic oxidation sites excluding steroid dienone is 1. The van der Waals surface area contributed by atoms with Crippen molar-refractivity contribution in [3.8, 4) is 0 Å². The Labute approximate surface area is 99.0 Å². The fourth-order valence-electron chi connectivity index (χ4n) is 1.44. The molecule has 0 aliphatic heterocycles. The number of aromatic nitrogens is 1. The molecule has 78 valence electrons. The zero-order valence-electron chi connectivity index (χ0n) is 9.66. The third kappa shape index (κ3) is 2.84. The molecule has 1 heterocycles. The monoisotopic (exact) mass is 209 g/mol. The molecule has 1 rings (SSSR count). The van der Waals surface area contributed by atoms with E-state index >= 15 is 0 Å². The lowest BCUT2D eigenvalue weighted by atomic mass is 9.83. The molecule has 0 amide bonds. The molecule has 0 spiro atoms. The van der Waals surface area contributed by atoms with E-state index in [4.69, 9.17) is 15.7 Å². The van der Waals surface area contributed by atoms with Gasteiger partial charge in [-0.3, -0.25) is 9.78 Å². The Balaban J connectivity index is 3.10. The molecule has 0 saturated carbocycles. The van der Waals surface area contributed by atoms with E-state index in [1.54, 1.807) is 6.07 Å². The fraction of sp³-hybridized carbons (Fsp3) is 0.333. The number of nitrogens with zero attached hydrogens (tertiary/aromatic N) is 1. The van der Waals surface area contributed by atoms with E-state index < -0.39 is 0 Å². The lowest BCUT2D eigenvalue weighted by Gasteiger charge is -2.13. The van der Waals surface area contributed by atoms with E-state index in [0.29, 0.717) is 16.8 Å². The fourth-order valence-corrected chi connectivity index (χ4v) is 1.44. The first-order valence-corrected chi connectivity index (χ1v) is 5.15. The molecular formula is C12H13B2NO. The standard InChI is InChI=1S/C12H13B2NO/c1-4-8(16)5-11-10(13)6-9(7(2)3)12(14)15-11/h4,6-7H,1,5H2,2-3H3. The summed E-state index contributed by atoms with van der Waals surface area (Å²) in [5.74, 6) is 0.148.